The molecule has 3 rings (SSSR count). The van der Waals surface area contributed by atoms with E-state index in [1.807, 2.05) is 13.0 Å². The molecule has 0 unspecified atom stereocenters. The molecule has 1 atom stereocenters. The van der Waals surface area contributed by atoms with E-state index >= 15 is 0 Å². The summed E-state index contributed by atoms with van der Waals surface area (Å²) in [4.78, 5) is 15.0. The number of carbonyl (C=O) groups excluding carboxylic acids is 1. The van der Waals surface area contributed by atoms with E-state index in [1.54, 1.807) is 24.3 Å². The third kappa shape index (κ3) is 4.33. The first-order valence-electron chi connectivity index (χ1n) is 9.80. The maximum atomic E-state index is 12.7. The zero-order chi connectivity index (χ0) is 22.2. The fourth-order valence-electron chi connectivity index (χ4n) is 3.97. The van der Waals surface area contributed by atoms with E-state index in [0.717, 1.165) is 17.5 Å². The predicted molar refractivity (Wildman–Crippen MR) is 125 cm³/mol. The summed E-state index contributed by atoms with van der Waals surface area (Å²) in [6, 6.07) is 11.0. The fraction of sp³-hybridized carbons (Fsp3) is 0.333. The van der Waals surface area contributed by atoms with Gasteiger partial charge in [-0.05, 0) is 86.2 Å². The topological polar surface area (TPSA) is 56.1 Å². The molecule has 0 aromatic heterocycles. The summed E-state index contributed by atoms with van der Waals surface area (Å²) in [5.74, 6) is -0.128. The summed E-state index contributed by atoms with van der Waals surface area (Å²) in [5, 5.41) is 13.1. The van der Waals surface area contributed by atoms with Crippen molar-refractivity contribution in [3.63, 3.8) is 0 Å². The second-order valence-electron chi connectivity index (χ2n) is 8.49. The Bertz CT molecular complexity index is 1080. The molecular weight excluding hydrogens is 417 g/mol. The van der Waals surface area contributed by atoms with Gasteiger partial charge in [0.05, 0.1) is 10.7 Å². The second kappa shape index (κ2) is 8.34. The van der Waals surface area contributed by atoms with Gasteiger partial charge in [-0.25, -0.2) is 0 Å². The van der Waals surface area contributed by atoms with Crippen molar-refractivity contribution in [3.8, 4) is 6.07 Å². The molecule has 0 bridgehead atoms. The summed E-state index contributed by atoms with van der Waals surface area (Å²) in [7, 11) is 2.11. The van der Waals surface area contributed by atoms with Crippen LogP contribution in [0.25, 0.3) is 6.08 Å². The van der Waals surface area contributed by atoms with Crippen LogP contribution in [0.2, 0.25) is 10.0 Å². The van der Waals surface area contributed by atoms with Gasteiger partial charge in [0.1, 0.15) is 11.6 Å². The smallest absolute Gasteiger partial charge is 0.266 e. The van der Waals surface area contributed by atoms with Gasteiger partial charge in [0.2, 0.25) is 0 Å². The molecular formula is C24H25Cl2N3O. The van der Waals surface area contributed by atoms with E-state index in [0.29, 0.717) is 21.7 Å². The first-order chi connectivity index (χ1) is 14.0. The van der Waals surface area contributed by atoms with Crippen molar-refractivity contribution < 1.29 is 4.79 Å². The molecule has 1 amide bonds. The van der Waals surface area contributed by atoms with Crippen LogP contribution in [0.15, 0.2) is 35.9 Å². The van der Waals surface area contributed by atoms with Gasteiger partial charge < -0.3 is 10.2 Å². The highest BCUT2D eigenvalue weighted by atomic mass is 35.5. The largest absolute Gasteiger partial charge is 0.369 e. The molecule has 1 N–H and O–H groups in total. The maximum absolute atomic E-state index is 12.7. The first kappa shape index (κ1) is 22.2. The van der Waals surface area contributed by atoms with Gasteiger partial charge in [0, 0.05) is 23.3 Å². The summed E-state index contributed by atoms with van der Waals surface area (Å²) in [6.07, 6.45) is 2.67. The summed E-state index contributed by atoms with van der Waals surface area (Å²) >= 11 is 12.0. The van der Waals surface area contributed by atoms with Crippen molar-refractivity contribution >= 4 is 46.6 Å². The number of nitriles is 1. The van der Waals surface area contributed by atoms with Gasteiger partial charge >= 0.3 is 0 Å². The average Bonchev–Trinajstić information content (AvgIpc) is 2.66. The van der Waals surface area contributed by atoms with E-state index in [2.05, 4.69) is 50.2 Å². The van der Waals surface area contributed by atoms with E-state index in [9.17, 15) is 10.1 Å². The second-order valence-corrected chi connectivity index (χ2v) is 9.34. The minimum Gasteiger partial charge on any atom is -0.369 e. The Balaban J connectivity index is 1.96. The van der Waals surface area contributed by atoms with Crippen LogP contribution in [0.4, 0.5) is 11.4 Å². The van der Waals surface area contributed by atoms with Gasteiger partial charge in [0.25, 0.3) is 5.91 Å². The van der Waals surface area contributed by atoms with Crippen LogP contribution in [0.1, 0.15) is 49.8 Å². The van der Waals surface area contributed by atoms with E-state index < -0.39 is 5.91 Å². The number of aryl methyl sites for hydroxylation is 1. The lowest BCUT2D eigenvalue weighted by Gasteiger charge is -2.45. The summed E-state index contributed by atoms with van der Waals surface area (Å²) in [6.45, 7) is 8.71. The molecule has 0 saturated heterocycles. The highest BCUT2D eigenvalue weighted by molar-refractivity contribution is 6.36. The highest BCUT2D eigenvalue weighted by Crippen LogP contribution is 2.43. The van der Waals surface area contributed by atoms with Gasteiger partial charge in [-0.3, -0.25) is 4.79 Å². The molecule has 0 radical (unpaired) electrons. The number of anilines is 2. The van der Waals surface area contributed by atoms with Crippen molar-refractivity contribution in [2.75, 3.05) is 17.3 Å². The molecule has 6 heteroatoms. The SMILES string of the molecule is Cc1cc2c(cc1/C=C(/C#N)C(=O)Nc1ccc(Cl)cc1Cl)[C@@H](C)CC(C)(C)N2C. The van der Waals surface area contributed by atoms with E-state index in [1.165, 1.54) is 11.3 Å². The van der Waals surface area contributed by atoms with Crippen LogP contribution < -0.4 is 10.2 Å². The number of benzene rings is 2. The number of nitrogens with zero attached hydrogens (tertiary/aromatic N) is 2. The van der Waals surface area contributed by atoms with E-state index in [4.69, 9.17) is 23.2 Å². The Labute approximate surface area is 188 Å². The third-order valence-corrected chi connectivity index (χ3v) is 6.41. The lowest BCUT2D eigenvalue weighted by Crippen LogP contribution is -2.45. The van der Waals surface area contributed by atoms with Gasteiger partial charge in [-0.15, -0.1) is 0 Å². The molecule has 0 aliphatic carbocycles. The molecule has 4 nitrogen and oxygen atoms in total. The Morgan fingerprint density at radius 2 is 2.00 bits per heavy atom. The number of halogens is 2. The number of nitrogens with one attached hydrogen (secondary N) is 1. The number of hydrogen-bond acceptors (Lipinski definition) is 3. The maximum Gasteiger partial charge on any atom is 0.266 e. The molecule has 0 spiro atoms. The van der Waals surface area contributed by atoms with Crippen molar-refractivity contribution in [2.24, 2.45) is 0 Å². The van der Waals surface area contributed by atoms with Crippen LogP contribution in [-0.2, 0) is 4.79 Å². The normalized spacial score (nSPS) is 17.9. The minimum atomic E-state index is -0.509. The minimum absolute atomic E-state index is 0.0150. The Morgan fingerprint density at radius 3 is 2.63 bits per heavy atom. The molecule has 1 heterocycles. The fourth-order valence-corrected chi connectivity index (χ4v) is 4.43. The summed E-state index contributed by atoms with van der Waals surface area (Å²) in [5.41, 5.74) is 4.80. The van der Waals surface area contributed by atoms with Crippen LogP contribution in [0, 0.1) is 18.3 Å². The lowest BCUT2D eigenvalue weighted by molar-refractivity contribution is -0.112. The molecule has 0 fully saturated rings. The Morgan fingerprint density at radius 1 is 1.30 bits per heavy atom. The lowest BCUT2D eigenvalue weighted by atomic mass is 9.79. The molecule has 1 aliphatic rings. The van der Waals surface area contributed by atoms with Crippen LogP contribution >= 0.6 is 23.2 Å². The van der Waals surface area contributed by atoms with E-state index in [-0.39, 0.29) is 11.1 Å². The predicted octanol–water partition coefficient (Wildman–Crippen LogP) is 6.57. The monoisotopic (exact) mass is 441 g/mol. The number of hydrogen-bond donors (Lipinski definition) is 1. The van der Waals surface area contributed by atoms with Crippen LogP contribution in [0.3, 0.4) is 0 Å². The van der Waals surface area contributed by atoms with Crippen molar-refractivity contribution in [1.82, 2.24) is 0 Å². The first-order valence-corrected chi connectivity index (χ1v) is 10.6. The van der Waals surface area contributed by atoms with Gasteiger partial charge in [-0.2, -0.15) is 5.26 Å². The zero-order valence-corrected chi connectivity index (χ0v) is 19.3. The van der Waals surface area contributed by atoms with Crippen molar-refractivity contribution in [1.29, 1.82) is 5.26 Å². The average molecular weight is 442 g/mol. The molecule has 156 valence electrons. The standard InChI is InChI=1S/C24H25Cl2N3O/c1-14-8-22-19(15(2)12-24(3,4)29(22)5)10-16(14)9-17(13-27)23(30)28-21-7-6-18(25)11-20(21)26/h6-11,15H,12H2,1-5H3,(H,28,30)/b17-9-/t15-/m0/s1. The highest BCUT2D eigenvalue weighted by Gasteiger charge is 2.34. The van der Waals surface area contributed by atoms with Gasteiger partial charge in [0.15, 0.2) is 0 Å². The molecule has 2 aromatic carbocycles. The van der Waals surface area contributed by atoms with Crippen molar-refractivity contribution in [3.05, 3.63) is 62.6 Å². The zero-order valence-electron chi connectivity index (χ0n) is 17.8. The Kier molecular flexibility index (Phi) is 6.17. The number of carbonyl (C=O) groups is 1. The van der Waals surface area contributed by atoms with Crippen LogP contribution in [0.5, 0.6) is 0 Å². The number of amides is 1. The quantitative estimate of drug-likeness (QED) is 0.432. The Hall–Kier alpha value is -2.48. The van der Waals surface area contributed by atoms with Crippen molar-refractivity contribution in [2.45, 2.75) is 45.6 Å². The summed E-state index contributed by atoms with van der Waals surface area (Å²) < 4.78 is 0. The molecule has 1 aliphatic heterocycles. The molecule has 2 aromatic rings. The third-order valence-electron chi connectivity index (χ3n) is 5.87. The number of fused-ring (bicyclic) bond motifs is 1. The van der Waals surface area contributed by atoms with Gasteiger partial charge in [-0.1, -0.05) is 30.1 Å². The number of rotatable bonds is 3. The molecule has 30 heavy (non-hydrogen) atoms. The van der Waals surface area contributed by atoms with Crippen LogP contribution in [-0.4, -0.2) is 18.5 Å². The molecule has 0 saturated carbocycles.